The minimum atomic E-state index is -0.864. The topological polar surface area (TPSA) is 127 Å². The molecule has 0 aliphatic carbocycles. The van der Waals surface area contributed by atoms with Crippen molar-refractivity contribution in [3.63, 3.8) is 0 Å². The van der Waals surface area contributed by atoms with Crippen LogP contribution in [0.15, 0.2) is 16.9 Å². The van der Waals surface area contributed by atoms with E-state index >= 15 is 0 Å². The van der Waals surface area contributed by atoms with Gasteiger partial charge in [-0.2, -0.15) is 5.10 Å². The third kappa shape index (κ3) is 3.00. The van der Waals surface area contributed by atoms with E-state index in [1.54, 1.807) is 6.92 Å². The van der Waals surface area contributed by atoms with Gasteiger partial charge in [0.15, 0.2) is 0 Å². The predicted molar refractivity (Wildman–Crippen MR) is 63.1 cm³/mol. The van der Waals surface area contributed by atoms with Crippen LogP contribution in [-0.4, -0.2) is 41.5 Å². The number of tetrazole rings is 1. The van der Waals surface area contributed by atoms with Crippen molar-refractivity contribution < 1.29 is 9.90 Å². The van der Waals surface area contributed by atoms with Crippen LogP contribution in [-0.2, 0) is 11.3 Å². The zero-order valence-electron chi connectivity index (χ0n) is 10.1. The summed E-state index contributed by atoms with van der Waals surface area (Å²) in [6.07, 6.45) is 0.400. The second-order valence-corrected chi connectivity index (χ2v) is 4.06. The van der Waals surface area contributed by atoms with Crippen molar-refractivity contribution in [3.8, 4) is 11.5 Å². The summed E-state index contributed by atoms with van der Waals surface area (Å²) in [5.41, 5.74) is 0.106. The summed E-state index contributed by atoms with van der Waals surface area (Å²) in [6, 6.07) is 2.82. The zero-order valence-corrected chi connectivity index (χ0v) is 10.1. The molecule has 0 aliphatic heterocycles. The van der Waals surface area contributed by atoms with Gasteiger partial charge in [0, 0.05) is 12.6 Å². The van der Waals surface area contributed by atoms with Crippen molar-refractivity contribution in [3.05, 3.63) is 22.5 Å². The maximum atomic E-state index is 10.9. The highest BCUT2D eigenvalue weighted by Crippen LogP contribution is 2.12. The Morgan fingerprint density at radius 1 is 1.53 bits per heavy atom. The second kappa shape index (κ2) is 5.38. The Hall–Kier alpha value is -2.58. The molecule has 0 saturated carbocycles. The zero-order chi connectivity index (χ0) is 13.8. The first kappa shape index (κ1) is 12.9. The number of rotatable bonds is 5. The molecule has 1 unspecified atom stereocenters. The van der Waals surface area contributed by atoms with Gasteiger partial charge in [-0.05, 0) is 22.9 Å². The lowest BCUT2D eigenvalue weighted by atomic mass is 10.1. The Morgan fingerprint density at radius 2 is 2.32 bits per heavy atom. The first-order chi connectivity index (χ1) is 9.08. The number of aromatic nitrogens is 6. The number of carboxylic acid groups (broad SMARTS) is 1. The SMILES string of the molecule is CC(CCn1nnnc1-c1ccc(=O)[nH]n1)C(=O)O. The van der Waals surface area contributed by atoms with Gasteiger partial charge in [-0.25, -0.2) is 9.78 Å². The molecule has 100 valence electrons. The lowest BCUT2D eigenvalue weighted by Gasteiger charge is -2.06. The molecule has 19 heavy (non-hydrogen) atoms. The van der Waals surface area contributed by atoms with Gasteiger partial charge in [0.2, 0.25) is 5.82 Å². The number of carboxylic acids is 1. The number of aryl methyl sites for hydroxylation is 1. The van der Waals surface area contributed by atoms with Crippen molar-refractivity contribution in [2.24, 2.45) is 5.92 Å². The fourth-order valence-electron chi connectivity index (χ4n) is 1.45. The summed E-state index contributed by atoms with van der Waals surface area (Å²) >= 11 is 0. The van der Waals surface area contributed by atoms with Gasteiger partial charge >= 0.3 is 5.97 Å². The smallest absolute Gasteiger partial charge is 0.306 e. The lowest BCUT2D eigenvalue weighted by Crippen LogP contribution is -2.14. The largest absolute Gasteiger partial charge is 0.481 e. The molecule has 0 saturated heterocycles. The molecule has 0 radical (unpaired) electrons. The van der Waals surface area contributed by atoms with Crippen molar-refractivity contribution in [2.45, 2.75) is 19.9 Å². The lowest BCUT2D eigenvalue weighted by molar-refractivity contribution is -0.141. The van der Waals surface area contributed by atoms with Gasteiger partial charge < -0.3 is 5.11 Å². The number of nitrogens with one attached hydrogen (secondary N) is 1. The quantitative estimate of drug-likeness (QED) is 0.747. The van der Waals surface area contributed by atoms with Crippen LogP contribution in [0.4, 0.5) is 0 Å². The standard InChI is InChI=1S/C10H12N6O3/c1-6(10(18)19)4-5-16-9(13-14-15-16)7-2-3-8(17)12-11-7/h2-3,6H,4-5H2,1H3,(H,12,17)(H,18,19). The van der Waals surface area contributed by atoms with Gasteiger partial charge in [-0.3, -0.25) is 9.59 Å². The van der Waals surface area contributed by atoms with Crippen LogP contribution in [0.3, 0.4) is 0 Å². The molecule has 9 heteroatoms. The maximum Gasteiger partial charge on any atom is 0.306 e. The van der Waals surface area contributed by atoms with Gasteiger partial charge in [0.25, 0.3) is 5.56 Å². The Balaban J connectivity index is 2.16. The molecular weight excluding hydrogens is 252 g/mol. The van der Waals surface area contributed by atoms with Crippen molar-refractivity contribution in [1.82, 2.24) is 30.4 Å². The third-order valence-corrected chi connectivity index (χ3v) is 2.64. The van der Waals surface area contributed by atoms with Crippen molar-refractivity contribution in [1.29, 1.82) is 0 Å². The van der Waals surface area contributed by atoms with Crippen molar-refractivity contribution in [2.75, 3.05) is 0 Å². The minimum absolute atomic E-state index is 0.317. The van der Waals surface area contributed by atoms with Gasteiger partial charge in [-0.15, -0.1) is 5.10 Å². The van der Waals surface area contributed by atoms with Gasteiger partial charge in [0.1, 0.15) is 5.69 Å². The third-order valence-electron chi connectivity index (χ3n) is 2.64. The van der Waals surface area contributed by atoms with Crippen LogP contribution in [0.25, 0.3) is 11.5 Å². The number of hydrogen-bond donors (Lipinski definition) is 2. The van der Waals surface area contributed by atoms with E-state index in [0.29, 0.717) is 24.5 Å². The second-order valence-electron chi connectivity index (χ2n) is 4.06. The Kier molecular flexibility index (Phi) is 3.64. The first-order valence-corrected chi connectivity index (χ1v) is 5.63. The molecule has 1 atom stereocenters. The summed E-state index contributed by atoms with van der Waals surface area (Å²) in [7, 11) is 0. The van der Waals surface area contributed by atoms with E-state index in [2.05, 4.69) is 25.7 Å². The van der Waals surface area contributed by atoms with E-state index in [1.807, 2.05) is 0 Å². The molecule has 0 aromatic carbocycles. The molecule has 9 nitrogen and oxygen atoms in total. The monoisotopic (exact) mass is 264 g/mol. The number of hydrogen-bond acceptors (Lipinski definition) is 6. The van der Waals surface area contributed by atoms with E-state index in [4.69, 9.17) is 5.11 Å². The van der Waals surface area contributed by atoms with Crippen LogP contribution < -0.4 is 5.56 Å². The average Bonchev–Trinajstić information content (AvgIpc) is 2.85. The maximum absolute atomic E-state index is 10.9. The molecule has 0 fully saturated rings. The minimum Gasteiger partial charge on any atom is -0.481 e. The highest BCUT2D eigenvalue weighted by Gasteiger charge is 2.14. The van der Waals surface area contributed by atoms with Crippen LogP contribution >= 0.6 is 0 Å². The molecule has 2 heterocycles. The highest BCUT2D eigenvalue weighted by atomic mass is 16.4. The van der Waals surface area contributed by atoms with Gasteiger partial charge in [0.05, 0.1) is 5.92 Å². The summed E-state index contributed by atoms with van der Waals surface area (Å²) in [6.45, 7) is 1.97. The molecule has 2 N–H and O–H groups in total. The number of aliphatic carboxylic acids is 1. The molecule has 0 bridgehead atoms. The van der Waals surface area contributed by atoms with Crippen LogP contribution in [0, 0.1) is 5.92 Å². The van der Waals surface area contributed by atoms with E-state index in [9.17, 15) is 9.59 Å². The van der Waals surface area contributed by atoms with E-state index in [1.165, 1.54) is 16.8 Å². The molecule has 0 spiro atoms. The predicted octanol–water partition coefficient (Wildman–Crippen LogP) is -0.466. The molecule has 2 aromatic heterocycles. The van der Waals surface area contributed by atoms with E-state index in [-0.39, 0.29) is 5.56 Å². The van der Waals surface area contributed by atoms with E-state index in [0.717, 1.165) is 0 Å². The van der Waals surface area contributed by atoms with Crippen molar-refractivity contribution >= 4 is 5.97 Å². The molecule has 2 aromatic rings. The molecular formula is C10H12N6O3. The van der Waals surface area contributed by atoms with Crippen LogP contribution in [0.5, 0.6) is 0 Å². The summed E-state index contributed by atoms with van der Waals surface area (Å²) in [4.78, 5) is 21.7. The Morgan fingerprint density at radius 3 is 2.95 bits per heavy atom. The number of nitrogens with zero attached hydrogens (tertiary/aromatic N) is 5. The summed E-state index contributed by atoms with van der Waals surface area (Å²) in [5, 5.41) is 26.0. The molecule has 0 amide bonds. The summed E-state index contributed by atoms with van der Waals surface area (Å²) in [5.74, 6) is -0.966. The normalized spacial score (nSPS) is 12.3. The molecule has 2 rings (SSSR count). The number of carbonyl (C=O) groups is 1. The Bertz CT molecular complexity index is 614. The van der Waals surface area contributed by atoms with Crippen LogP contribution in [0.1, 0.15) is 13.3 Å². The fourth-order valence-corrected chi connectivity index (χ4v) is 1.45. The first-order valence-electron chi connectivity index (χ1n) is 5.63. The average molecular weight is 264 g/mol. The number of aromatic amines is 1. The fraction of sp³-hybridized carbons (Fsp3) is 0.400. The highest BCUT2D eigenvalue weighted by molar-refractivity contribution is 5.69. The van der Waals surface area contributed by atoms with Crippen LogP contribution in [0.2, 0.25) is 0 Å². The molecule has 0 aliphatic rings. The van der Waals surface area contributed by atoms with Gasteiger partial charge in [-0.1, -0.05) is 6.92 Å². The number of H-pyrrole nitrogens is 1. The summed E-state index contributed by atoms with van der Waals surface area (Å²) < 4.78 is 1.46. The van der Waals surface area contributed by atoms with E-state index < -0.39 is 11.9 Å². The Labute approximate surface area is 107 Å².